The molecule has 10 heteroatoms. The van der Waals surface area contributed by atoms with Crippen LogP contribution in [-0.2, 0) is 21.5 Å². The van der Waals surface area contributed by atoms with Gasteiger partial charge in [0.15, 0.2) is 11.5 Å². The molecule has 0 fully saturated rings. The molecule has 0 saturated heterocycles. The summed E-state index contributed by atoms with van der Waals surface area (Å²) < 4.78 is 51.5. The number of hydrogen-bond acceptors (Lipinski definition) is 5. The third-order valence-corrected chi connectivity index (χ3v) is 6.04. The van der Waals surface area contributed by atoms with E-state index in [2.05, 4.69) is 5.32 Å². The fourth-order valence-corrected chi connectivity index (χ4v) is 3.73. The van der Waals surface area contributed by atoms with Crippen LogP contribution in [0.15, 0.2) is 42.5 Å². The molecular weight excluding hydrogens is 425 g/mol. The van der Waals surface area contributed by atoms with Crippen LogP contribution >= 0.6 is 0 Å². The predicted molar refractivity (Wildman–Crippen MR) is 117 cm³/mol. The van der Waals surface area contributed by atoms with Crippen LogP contribution in [0, 0.1) is 5.82 Å². The average molecular weight is 454 g/mol. The number of nitrogens with one attached hydrogen (secondary N) is 1. The molecule has 0 aliphatic heterocycles. The quantitative estimate of drug-likeness (QED) is 0.597. The van der Waals surface area contributed by atoms with Gasteiger partial charge in [-0.05, 0) is 55.8 Å². The zero-order valence-electron chi connectivity index (χ0n) is 18.3. The Balaban J connectivity index is 2.13. The molecule has 170 valence electrons. The van der Waals surface area contributed by atoms with Crippen LogP contribution in [0.4, 0.5) is 10.1 Å². The third-order valence-electron chi connectivity index (χ3n) is 4.22. The van der Waals surface area contributed by atoms with Gasteiger partial charge >= 0.3 is 10.2 Å². The molecule has 31 heavy (non-hydrogen) atoms. The number of halogens is 1. The monoisotopic (exact) mass is 453 g/mol. The van der Waals surface area contributed by atoms with Gasteiger partial charge in [0, 0.05) is 20.6 Å². The van der Waals surface area contributed by atoms with Crippen molar-refractivity contribution in [2.24, 2.45) is 0 Å². The normalized spacial score (nSPS) is 11.5. The molecule has 0 aromatic heterocycles. The van der Waals surface area contributed by atoms with Crippen molar-refractivity contribution in [2.75, 3.05) is 32.1 Å². The second-order valence-electron chi connectivity index (χ2n) is 7.20. The van der Waals surface area contributed by atoms with Crippen molar-refractivity contribution in [3.63, 3.8) is 0 Å². The van der Waals surface area contributed by atoms with Crippen molar-refractivity contribution in [1.29, 1.82) is 0 Å². The molecule has 0 bridgehead atoms. The number of carbonyl (C=O) groups is 1. The Hall–Kier alpha value is -2.85. The molecule has 2 rings (SSSR count). The van der Waals surface area contributed by atoms with Gasteiger partial charge in [-0.1, -0.05) is 6.07 Å². The highest BCUT2D eigenvalue weighted by molar-refractivity contribution is 7.90. The predicted octanol–water partition coefficient (Wildman–Crippen LogP) is 2.55. The number of anilines is 1. The van der Waals surface area contributed by atoms with E-state index in [1.54, 1.807) is 18.2 Å². The maximum absolute atomic E-state index is 13.3. The smallest absolute Gasteiger partial charge is 0.304 e. The van der Waals surface area contributed by atoms with E-state index in [9.17, 15) is 17.6 Å². The molecule has 0 spiro atoms. The first kappa shape index (κ1) is 24.4. The Morgan fingerprint density at radius 2 is 1.74 bits per heavy atom. The van der Waals surface area contributed by atoms with E-state index in [0.29, 0.717) is 11.5 Å². The summed E-state index contributed by atoms with van der Waals surface area (Å²) in [6, 6.07) is 10.2. The zero-order chi connectivity index (χ0) is 23.2. The van der Waals surface area contributed by atoms with E-state index >= 15 is 0 Å². The number of methoxy groups -OCH3 is 1. The van der Waals surface area contributed by atoms with Gasteiger partial charge in [0.25, 0.3) is 0 Å². The van der Waals surface area contributed by atoms with Crippen LogP contribution in [0.2, 0.25) is 0 Å². The standard InChI is InChI=1S/C21H28FN3O5S/c1-15(2)30-19-11-6-16(12-20(19)29-5)13-23-21(26)14-25(31(27,28)24(3)4)18-9-7-17(22)8-10-18/h6-12,15H,13-14H2,1-5H3,(H,23,26). The zero-order valence-corrected chi connectivity index (χ0v) is 19.1. The van der Waals surface area contributed by atoms with Gasteiger partial charge in [0.05, 0.1) is 18.9 Å². The van der Waals surface area contributed by atoms with Crippen molar-refractivity contribution in [2.45, 2.75) is 26.5 Å². The van der Waals surface area contributed by atoms with Gasteiger partial charge in [-0.25, -0.2) is 8.70 Å². The number of hydrogen-bond donors (Lipinski definition) is 1. The van der Waals surface area contributed by atoms with E-state index in [1.165, 1.54) is 33.3 Å². The summed E-state index contributed by atoms with van der Waals surface area (Å²) in [7, 11) is 0.277. The third kappa shape index (κ3) is 6.56. The lowest BCUT2D eigenvalue weighted by Crippen LogP contribution is -2.45. The van der Waals surface area contributed by atoms with Crippen LogP contribution in [0.25, 0.3) is 0 Å². The van der Waals surface area contributed by atoms with E-state index < -0.39 is 28.5 Å². The highest BCUT2D eigenvalue weighted by Crippen LogP contribution is 2.29. The van der Waals surface area contributed by atoms with Crippen molar-refractivity contribution >= 4 is 21.8 Å². The molecule has 2 aromatic carbocycles. The van der Waals surface area contributed by atoms with Crippen molar-refractivity contribution in [3.8, 4) is 11.5 Å². The number of rotatable bonds is 10. The van der Waals surface area contributed by atoms with Gasteiger partial charge in [-0.3, -0.25) is 4.79 Å². The Morgan fingerprint density at radius 1 is 1.10 bits per heavy atom. The second-order valence-corrected chi connectivity index (χ2v) is 9.27. The van der Waals surface area contributed by atoms with E-state index in [-0.39, 0.29) is 18.3 Å². The van der Waals surface area contributed by atoms with Crippen molar-refractivity contribution in [1.82, 2.24) is 9.62 Å². The molecule has 2 aromatic rings. The Bertz CT molecular complexity index is 995. The van der Waals surface area contributed by atoms with Crippen LogP contribution in [-0.4, -0.2) is 52.5 Å². The molecule has 8 nitrogen and oxygen atoms in total. The van der Waals surface area contributed by atoms with E-state index in [4.69, 9.17) is 9.47 Å². The number of ether oxygens (including phenoxy) is 2. The van der Waals surface area contributed by atoms with Gasteiger partial charge in [-0.2, -0.15) is 12.7 Å². The SMILES string of the molecule is COc1cc(CNC(=O)CN(c2ccc(F)cc2)S(=O)(=O)N(C)C)ccc1OC(C)C. The second kappa shape index (κ2) is 10.5. The highest BCUT2D eigenvalue weighted by Gasteiger charge is 2.27. The molecule has 0 atom stereocenters. The fraction of sp³-hybridized carbons (Fsp3) is 0.381. The number of benzene rings is 2. The average Bonchev–Trinajstić information content (AvgIpc) is 2.71. The highest BCUT2D eigenvalue weighted by atomic mass is 32.2. The maximum atomic E-state index is 13.3. The summed E-state index contributed by atoms with van der Waals surface area (Å²) in [5.41, 5.74) is 0.937. The summed E-state index contributed by atoms with van der Waals surface area (Å²) in [5, 5.41) is 2.70. The lowest BCUT2D eigenvalue weighted by atomic mass is 10.2. The van der Waals surface area contributed by atoms with Crippen LogP contribution in [0.5, 0.6) is 11.5 Å². The van der Waals surface area contributed by atoms with Crippen molar-refractivity contribution < 1.29 is 27.1 Å². The number of nitrogens with zero attached hydrogens (tertiary/aromatic N) is 2. The van der Waals surface area contributed by atoms with Crippen LogP contribution < -0.4 is 19.1 Å². The molecule has 0 radical (unpaired) electrons. The molecular formula is C21H28FN3O5S. The number of carbonyl (C=O) groups excluding carboxylic acids is 1. The topological polar surface area (TPSA) is 88.2 Å². The first-order valence-corrected chi connectivity index (χ1v) is 11.0. The minimum Gasteiger partial charge on any atom is -0.493 e. The summed E-state index contributed by atoms with van der Waals surface area (Å²) in [6.07, 6.45) is -0.0180. The lowest BCUT2D eigenvalue weighted by Gasteiger charge is -2.27. The summed E-state index contributed by atoms with van der Waals surface area (Å²) in [6.45, 7) is 3.51. The van der Waals surface area contributed by atoms with Gasteiger partial charge < -0.3 is 14.8 Å². The molecule has 1 amide bonds. The first-order chi connectivity index (χ1) is 14.5. The molecule has 0 saturated carbocycles. The van der Waals surface area contributed by atoms with Gasteiger partial charge in [0.2, 0.25) is 5.91 Å². The van der Waals surface area contributed by atoms with Crippen LogP contribution in [0.3, 0.4) is 0 Å². The van der Waals surface area contributed by atoms with Gasteiger partial charge in [-0.15, -0.1) is 0 Å². The molecule has 0 aliphatic rings. The molecule has 0 unspecified atom stereocenters. The van der Waals surface area contributed by atoms with Crippen LogP contribution in [0.1, 0.15) is 19.4 Å². The Morgan fingerprint density at radius 3 is 2.29 bits per heavy atom. The summed E-state index contributed by atoms with van der Waals surface area (Å²) >= 11 is 0. The minimum atomic E-state index is -3.96. The van der Waals surface area contributed by atoms with E-state index in [1.807, 2.05) is 13.8 Å². The van der Waals surface area contributed by atoms with Gasteiger partial charge in [0.1, 0.15) is 12.4 Å². The maximum Gasteiger partial charge on any atom is 0.304 e. The number of amides is 1. The fourth-order valence-electron chi connectivity index (χ4n) is 2.67. The largest absolute Gasteiger partial charge is 0.493 e. The Labute approximate surface area is 182 Å². The molecule has 1 N–H and O–H groups in total. The van der Waals surface area contributed by atoms with E-state index in [0.717, 1.165) is 26.3 Å². The Kier molecular flexibility index (Phi) is 8.23. The van der Waals surface area contributed by atoms with Crippen molar-refractivity contribution in [3.05, 3.63) is 53.8 Å². The molecule has 0 aliphatic carbocycles. The summed E-state index contributed by atoms with van der Waals surface area (Å²) in [4.78, 5) is 12.5. The lowest BCUT2D eigenvalue weighted by molar-refractivity contribution is -0.119. The molecule has 0 heterocycles. The minimum absolute atomic E-state index is 0.0180. The first-order valence-electron chi connectivity index (χ1n) is 9.60. The summed E-state index contributed by atoms with van der Waals surface area (Å²) in [5.74, 6) is 0.0983.